The summed E-state index contributed by atoms with van der Waals surface area (Å²) in [6.45, 7) is 4.08. The Balaban J connectivity index is 1.53. The van der Waals surface area contributed by atoms with Gasteiger partial charge in [-0.15, -0.1) is 11.3 Å². The average molecular weight is 576 g/mol. The lowest BCUT2D eigenvalue weighted by Crippen LogP contribution is -2.30. The fourth-order valence-corrected chi connectivity index (χ4v) is 6.33. The van der Waals surface area contributed by atoms with Crippen molar-refractivity contribution in [2.45, 2.75) is 25.3 Å². The van der Waals surface area contributed by atoms with Gasteiger partial charge in [-0.05, 0) is 42.0 Å². The molecule has 0 radical (unpaired) electrons. The molecule has 0 aliphatic heterocycles. The molecule has 0 saturated carbocycles. The Bertz CT molecular complexity index is 1520. The quantitative estimate of drug-likeness (QED) is 0.332. The Hall–Kier alpha value is -2.86. The molecule has 0 fully saturated rings. The van der Waals surface area contributed by atoms with Gasteiger partial charge in [0.05, 0.1) is 16.6 Å². The zero-order valence-corrected chi connectivity index (χ0v) is 22.3. The summed E-state index contributed by atoms with van der Waals surface area (Å²) < 4.78 is 28.8. The molecule has 2 aromatic carbocycles. The Morgan fingerprint density at radius 1 is 1.09 bits per heavy atom. The zero-order chi connectivity index (χ0) is 25.2. The summed E-state index contributed by atoms with van der Waals surface area (Å²) in [6, 6.07) is 13.6. The minimum absolute atomic E-state index is 0.156. The number of nitrogens with zero attached hydrogens (tertiary/aromatic N) is 3. The Morgan fingerprint density at radius 2 is 1.74 bits per heavy atom. The summed E-state index contributed by atoms with van der Waals surface area (Å²) in [7, 11) is -3.58. The van der Waals surface area contributed by atoms with Gasteiger partial charge in [-0.2, -0.15) is 4.31 Å². The third-order valence-electron chi connectivity index (χ3n) is 5.51. The summed E-state index contributed by atoms with van der Waals surface area (Å²) in [5.41, 5.74) is 1.79. The van der Waals surface area contributed by atoms with E-state index in [4.69, 9.17) is 0 Å². The summed E-state index contributed by atoms with van der Waals surface area (Å²) in [5.74, 6) is -0.423. The summed E-state index contributed by atoms with van der Waals surface area (Å²) in [5, 5.41) is 5.07. The summed E-state index contributed by atoms with van der Waals surface area (Å²) in [4.78, 5) is 31.0. The molecule has 1 N–H and O–H groups in total. The van der Waals surface area contributed by atoms with E-state index < -0.39 is 15.9 Å². The smallest absolute Gasteiger partial charge is 0.263 e. The van der Waals surface area contributed by atoms with E-state index in [-0.39, 0.29) is 17.0 Å². The number of sulfonamides is 1. The van der Waals surface area contributed by atoms with Gasteiger partial charge in [0.25, 0.3) is 5.56 Å². The first-order valence-corrected chi connectivity index (χ1v) is 14.0. The van der Waals surface area contributed by atoms with Gasteiger partial charge in [-0.25, -0.2) is 13.4 Å². The number of halogens is 1. The number of carbonyl (C=O) groups excluding carboxylic acids is 1. The van der Waals surface area contributed by atoms with Crippen LogP contribution in [0, 0.1) is 0 Å². The first-order valence-electron chi connectivity index (χ1n) is 10.9. The molecule has 11 heteroatoms. The van der Waals surface area contributed by atoms with E-state index in [1.54, 1.807) is 13.8 Å². The number of anilines is 1. The van der Waals surface area contributed by atoms with E-state index >= 15 is 0 Å². The van der Waals surface area contributed by atoms with Crippen LogP contribution in [0.5, 0.6) is 0 Å². The van der Waals surface area contributed by atoms with Crippen molar-refractivity contribution < 1.29 is 13.2 Å². The molecule has 0 aliphatic rings. The average Bonchev–Trinajstić information content (AvgIpc) is 3.27. The lowest BCUT2D eigenvalue weighted by molar-refractivity contribution is -0.116. The SMILES string of the molecule is CCN(CC)S(=O)(=O)c1ccc(NC(=O)Cn2cnc3scc(-c4ccc(Br)cc4)c3c2=O)cc1. The van der Waals surface area contributed by atoms with Crippen LogP contribution in [0.15, 0.2) is 74.4 Å². The number of benzene rings is 2. The van der Waals surface area contributed by atoms with Crippen LogP contribution >= 0.6 is 27.3 Å². The summed E-state index contributed by atoms with van der Waals surface area (Å²) >= 11 is 4.79. The molecule has 0 saturated heterocycles. The van der Waals surface area contributed by atoms with Gasteiger partial charge in [-0.3, -0.25) is 14.2 Å². The fourth-order valence-electron chi connectivity index (χ4n) is 3.70. The van der Waals surface area contributed by atoms with Crippen molar-refractivity contribution >= 4 is 59.1 Å². The standard InChI is InChI=1S/C24H23BrN4O4S2/c1-3-29(4-2)35(32,33)19-11-9-18(10-12-19)27-21(30)13-28-15-26-23-22(24(28)31)20(14-34-23)16-5-7-17(25)8-6-16/h5-12,14-15H,3-4,13H2,1-2H3,(H,27,30). The molecule has 0 unspecified atom stereocenters. The van der Waals surface area contributed by atoms with Crippen molar-refractivity contribution in [3.05, 3.63) is 75.1 Å². The van der Waals surface area contributed by atoms with Crippen molar-refractivity contribution in [1.82, 2.24) is 13.9 Å². The first-order chi connectivity index (χ1) is 16.7. The number of aromatic nitrogens is 2. The number of hydrogen-bond acceptors (Lipinski definition) is 6. The maximum atomic E-state index is 13.2. The third-order valence-corrected chi connectivity index (χ3v) is 8.99. The molecular formula is C24H23BrN4O4S2. The Morgan fingerprint density at radius 3 is 2.37 bits per heavy atom. The monoisotopic (exact) mass is 574 g/mol. The second kappa shape index (κ2) is 10.4. The first kappa shape index (κ1) is 25.2. The van der Waals surface area contributed by atoms with Crippen LogP contribution in [-0.4, -0.2) is 41.3 Å². The van der Waals surface area contributed by atoms with E-state index in [1.807, 2.05) is 29.6 Å². The van der Waals surface area contributed by atoms with Gasteiger partial charge < -0.3 is 5.32 Å². The summed E-state index contributed by atoms with van der Waals surface area (Å²) in [6.07, 6.45) is 1.37. The van der Waals surface area contributed by atoms with Gasteiger partial charge in [0.2, 0.25) is 15.9 Å². The number of rotatable bonds is 8. The highest BCUT2D eigenvalue weighted by molar-refractivity contribution is 9.10. The highest BCUT2D eigenvalue weighted by atomic mass is 79.9. The van der Waals surface area contributed by atoms with Crippen molar-refractivity contribution in [2.24, 2.45) is 0 Å². The maximum absolute atomic E-state index is 13.2. The Kier molecular flexibility index (Phi) is 7.50. The van der Waals surface area contributed by atoms with Crippen molar-refractivity contribution in [3.63, 3.8) is 0 Å². The highest BCUT2D eigenvalue weighted by Gasteiger charge is 2.21. The molecule has 8 nitrogen and oxygen atoms in total. The van der Waals surface area contributed by atoms with Gasteiger partial charge in [0.1, 0.15) is 11.4 Å². The van der Waals surface area contributed by atoms with E-state index in [0.29, 0.717) is 29.0 Å². The molecule has 1 amide bonds. The minimum Gasteiger partial charge on any atom is -0.325 e. The highest BCUT2D eigenvalue weighted by Crippen LogP contribution is 2.31. The van der Waals surface area contributed by atoms with Gasteiger partial charge in [0, 0.05) is 34.2 Å². The van der Waals surface area contributed by atoms with E-state index in [1.165, 1.54) is 50.8 Å². The molecule has 182 valence electrons. The number of amides is 1. The van der Waals surface area contributed by atoms with Gasteiger partial charge in [0.15, 0.2) is 0 Å². The van der Waals surface area contributed by atoms with Gasteiger partial charge >= 0.3 is 0 Å². The van der Waals surface area contributed by atoms with Crippen LogP contribution in [0.25, 0.3) is 21.3 Å². The number of thiophene rings is 1. The lowest BCUT2D eigenvalue weighted by Gasteiger charge is -2.18. The Labute approximate surface area is 215 Å². The molecule has 0 bridgehead atoms. The van der Waals surface area contributed by atoms with Crippen LogP contribution < -0.4 is 10.9 Å². The normalized spacial score (nSPS) is 11.8. The van der Waals surface area contributed by atoms with Crippen molar-refractivity contribution in [2.75, 3.05) is 18.4 Å². The van der Waals surface area contributed by atoms with Crippen LogP contribution in [0.3, 0.4) is 0 Å². The van der Waals surface area contributed by atoms with E-state index in [0.717, 1.165) is 15.6 Å². The molecule has 4 rings (SSSR count). The van der Waals surface area contributed by atoms with Crippen LogP contribution in [0.2, 0.25) is 0 Å². The van der Waals surface area contributed by atoms with Crippen LogP contribution in [0.1, 0.15) is 13.8 Å². The fraction of sp³-hybridized carbons (Fsp3) is 0.208. The van der Waals surface area contributed by atoms with Crippen LogP contribution in [-0.2, 0) is 21.4 Å². The molecule has 35 heavy (non-hydrogen) atoms. The predicted octanol–water partition coefficient (Wildman–Crippen LogP) is 4.56. The van der Waals surface area contributed by atoms with Crippen molar-refractivity contribution in [1.29, 1.82) is 0 Å². The second-order valence-corrected chi connectivity index (χ2v) is 11.4. The number of fused-ring (bicyclic) bond motifs is 1. The number of carbonyl (C=O) groups is 1. The largest absolute Gasteiger partial charge is 0.325 e. The molecule has 4 aromatic rings. The van der Waals surface area contributed by atoms with Crippen molar-refractivity contribution in [3.8, 4) is 11.1 Å². The van der Waals surface area contributed by atoms with E-state index in [9.17, 15) is 18.0 Å². The predicted molar refractivity (Wildman–Crippen MR) is 142 cm³/mol. The zero-order valence-electron chi connectivity index (χ0n) is 19.1. The molecule has 2 heterocycles. The molecule has 0 aliphatic carbocycles. The molecule has 0 spiro atoms. The van der Waals surface area contributed by atoms with E-state index in [2.05, 4.69) is 26.2 Å². The minimum atomic E-state index is -3.58. The second-order valence-electron chi connectivity index (χ2n) is 7.68. The number of hydrogen-bond donors (Lipinski definition) is 1. The van der Waals surface area contributed by atoms with Gasteiger partial charge in [-0.1, -0.05) is 41.9 Å². The molecule has 0 atom stereocenters. The number of nitrogens with one attached hydrogen (secondary N) is 1. The lowest BCUT2D eigenvalue weighted by atomic mass is 10.1. The van der Waals surface area contributed by atoms with Crippen LogP contribution in [0.4, 0.5) is 5.69 Å². The third kappa shape index (κ3) is 5.22. The molecule has 2 aromatic heterocycles. The maximum Gasteiger partial charge on any atom is 0.263 e. The molecular weight excluding hydrogens is 552 g/mol. The topological polar surface area (TPSA) is 101 Å².